The molecule has 0 aliphatic rings. The minimum atomic E-state index is 0.560. The average molecular weight is 180 g/mol. The largest absolute Gasteiger partial charge is 0.382 e. The van der Waals surface area contributed by atoms with Crippen LogP contribution in [0.5, 0.6) is 0 Å². The Morgan fingerprint density at radius 1 is 1.58 bits per heavy atom. The zero-order valence-corrected chi connectivity index (χ0v) is 7.38. The predicted octanol–water partition coefficient (Wildman–Crippen LogP) is 1.22. The van der Waals surface area contributed by atoms with Crippen LogP contribution < -0.4 is 5.73 Å². The first kappa shape index (κ1) is 7.30. The van der Waals surface area contributed by atoms with Gasteiger partial charge < -0.3 is 5.73 Å². The summed E-state index contributed by atoms with van der Waals surface area (Å²) in [5.74, 6) is 0.560. The fourth-order valence-electron chi connectivity index (χ4n) is 0.900. The molecule has 0 unspecified atom stereocenters. The number of rotatable bonds is 1. The van der Waals surface area contributed by atoms with E-state index in [0.29, 0.717) is 5.82 Å². The zero-order valence-electron chi connectivity index (χ0n) is 6.56. The van der Waals surface area contributed by atoms with Gasteiger partial charge in [0.15, 0.2) is 0 Å². The summed E-state index contributed by atoms with van der Waals surface area (Å²) in [5.41, 5.74) is 6.57. The number of aromatic nitrogens is 3. The molecule has 0 aliphatic heterocycles. The quantitative estimate of drug-likeness (QED) is 0.717. The number of hydrogen-bond donors (Lipinski definition) is 1. The molecule has 0 saturated carbocycles. The zero-order chi connectivity index (χ0) is 8.55. The van der Waals surface area contributed by atoms with Crippen LogP contribution in [0.4, 0.5) is 5.82 Å². The fraction of sp³-hybridized carbons (Fsp3) is 0.143. The van der Waals surface area contributed by atoms with E-state index in [-0.39, 0.29) is 0 Å². The summed E-state index contributed by atoms with van der Waals surface area (Å²) in [6, 6.07) is 0. The number of nitrogen functional groups attached to an aromatic ring is 1. The fourth-order valence-corrected chi connectivity index (χ4v) is 1.47. The van der Waals surface area contributed by atoms with E-state index in [1.54, 1.807) is 10.9 Å². The maximum absolute atomic E-state index is 5.59. The molecule has 2 aromatic heterocycles. The Kier molecular flexibility index (Phi) is 1.58. The summed E-state index contributed by atoms with van der Waals surface area (Å²) < 4.78 is 1.69. The van der Waals surface area contributed by atoms with E-state index >= 15 is 0 Å². The molecule has 2 heterocycles. The molecule has 0 fully saturated rings. The topological polar surface area (TPSA) is 56.7 Å². The standard InChI is InChI=1S/C7H8N4S/c1-5-4-11(10-6(5)8)7-9-2-3-12-7/h2-4H,1H3,(H2,8,10). The van der Waals surface area contributed by atoms with Gasteiger partial charge in [0.2, 0.25) is 5.13 Å². The maximum atomic E-state index is 5.59. The van der Waals surface area contributed by atoms with E-state index in [1.165, 1.54) is 11.3 Å². The van der Waals surface area contributed by atoms with Crippen LogP contribution in [0.25, 0.3) is 5.13 Å². The number of aryl methyl sites for hydroxylation is 1. The van der Waals surface area contributed by atoms with Gasteiger partial charge in [-0.2, -0.15) is 0 Å². The Hall–Kier alpha value is -1.36. The second kappa shape index (κ2) is 2.60. The van der Waals surface area contributed by atoms with E-state index in [4.69, 9.17) is 5.73 Å². The molecule has 0 bridgehead atoms. The summed E-state index contributed by atoms with van der Waals surface area (Å²) in [5, 5.41) is 6.84. The van der Waals surface area contributed by atoms with Gasteiger partial charge in [0.25, 0.3) is 0 Å². The number of thiazole rings is 1. The normalized spacial score (nSPS) is 10.4. The number of nitrogens with zero attached hydrogens (tertiary/aromatic N) is 3. The summed E-state index contributed by atoms with van der Waals surface area (Å²) >= 11 is 1.53. The van der Waals surface area contributed by atoms with Crippen LogP contribution in [-0.2, 0) is 0 Å². The highest BCUT2D eigenvalue weighted by atomic mass is 32.1. The Labute approximate surface area is 73.7 Å². The van der Waals surface area contributed by atoms with E-state index in [1.807, 2.05) is 18.5 Å². The highest BCUT2D eigenvalue weighted by molar-refractivity contribution is 7.12. The van der Waals surface area contributed by atoms with Crippen molar-refractivity contribution in [2.24, 2.45) is 0 Å². The van der Waals surface area contributed by atoms with E-state index in [9.17, 15) is 0 Å². The highest BCUT2D eigenvalue weighted by Gasteiger charge is 2.03. The molecular formula is C7H8N4S. The maximum Gasteiger partial charge on any atom is 0.210 e. The Balaban J connectivity index is 2.48. The van der Waals surface area contributed by atoms with Crippen molar-refractivity contribution in [3.63, 3.8) is 0 Å². The summed E-state index contributed by atoms with van der Waals surface area (Å²) in [7, 11) is 0. The molecule has 2 aromatic rings. The van der Waals surface area contributed by atoms with Crippen LogP contribution in [0.1, 0.15) is 5.56 Å². The molecule has 12 heavy (non-hydrogen) atoms. The van der Waals surface area contributed by atoms with Crippen molar-refractivity contribution in [3.05, 3.63) is 23.3 Å². The third kappa shape index (κ3) is 1.08. The van der Waals surface area contributed by atoms with Gasteiger partial charge in [0.1, 0.15) is 5.82 Å². The van der Waals surface area contributed by atoms with Crippen molar-refractivity contribution in [2.45, 2.75) is 6.92 Å². The highest BCUT2D eigenvalue weighted by Crippen LogP contribution is 2.14. The van der Waals surface area contributed by atoms with Gasteiger partial charge in [-0.3, -0.25) is 0 Å². The van der Waals surface area contributed by atoms with Crippen LogP contribution in [0.15, 0.2) is 17.8 Å². The van der Waals surface area contributed by atoms with Crippen LogP contribution in [0.3, 0.4) is 0 Å². The molecule has 62 valence electrons. The molecule has 0 radical (unpaired) electrons. The first-order valence-corrected chi connectivity index (χ1v) is 4.37. The molecule has 2 rings (SSSR count). The van der Waals surface area contributed by atoms with Crippen molar-refractivity contribution in [3.8, 4) is 5.13 Å². The second-order valence-electron chi connectivity index (χ2n) is 2.46. The Bertz CT molecular complexity index is 357. The van der Waals surface area contributed by atoms with E-state index < -0.39 is 0 Å². The van der Waals surface area contributed by atoms with Gasteiger partial charge in [-0.05, 0) is 6.92 Å². The Morgan fingerprint density at radius 2 is 2.42 bits per heavy atom. The SMILES string of the molecule is Cc1cn(-c2nccs2)nc1N. The summed E-state index contributed by atoms with van der Waals surface area (Å²) in [4.78, 5) is 4.10. The van der Waals surface area contributed by atoms with Gasteiger partial charge in [0.05, 0.1) is 0 Å². The predicted molar refractivity (Wildman–Crippen MR) is 48.4 cm³/mol. The number of hydrogen-bond acceptors (Lipinski definition) is 4. The average Bonchev–Trinajstić information content (AvgIpc) is 2.61. The lowest BCUT2D eigenvalue weighted by molar-refractivity contribution is 0.874. The van der Waals surface area contributed by atoms with Crippen LogP contribution in [-0.4, -0.2) is 14.8 Å². The van der Waals surface area contributed by atoms with Crippen LogP contribution in [0.2, 0.25) is 0 Å². The molecule has 0 saturated heterocycles. The minimum absolute atomic E-state index is 0.560. The third-order valence-corrected chi connectivity index (χ3v) is 2.31. The summed E-state index contributed by atoms with van der Waals surface area (Å²) in [6.07, 6.45) is 3.61. The van der Waals surface area contributed by atoms with E-state index in [0.717, 1.165) is 10.7 Å². The number of anilines is 1. The van der Waals surface area contributed by atoms with Crippen molar-refractivity contribution < 1.29 is 0 Å². The molecule has 2 N–H and O–H groups in total. The molecule has 0 spiro atoms. The van der Waals surface area contributed by atoms with Gasteiger partial charge in [-0.15, -0.1) is 16.4 Å². The monoisotopic (exact) mass is 180 g/mol. The third-order valence-electron chi connectivity index (χ3n) is 1.55. The molecular weight excluding hydrogens is 172 g/mol. The van der Waals surface area contributed by atoms with Crippen molar-refractivity contribution in [1.29, 1.82) is 0 Å². The van der Waals surface area contributed by atoms with Gasteiger partial charge in [-0.25, -0.2) is 9.67 Å². The van der Waals surface area contributed by atoms with Crippen LogP contribution >= 0.6 is 11.3 Å². The molecule has 0 atom stereocenters. The number of nitrogens with two attached hydrogens (primary N) is 1. The van der Waals surface area contributed by atoms with Crippen molar-refractivity contribution in [2.75, 3.05) is 5.73 Å². The minimum Gasteiger partial charge on any atom is -0.382 e. The van der Waals surface area contributed by atoms with E-state index in [2.05, 4.69) is 10.1 Å². The lowest BCUT2D eigenvalue weighted by atomic mass is 10.4. The first-order chi connectivity index (χ1) is 5.77. The molecule has 4 nitrogen and oxygen atoms in total. The van der Waals surface area contributed by atoms with Gasteiger partial charge >= 0.3 is 0 Å². The second-order valence-corrected chi connectivity index (χ2v) is 3.33. The first-order valence-electron chi connectivity index (χ1n) is 3.49. The smallest absolute Gasteiger partial charge is 0.210 e. The molecule has 5 heteroatoms. The Morgan fingerprint density at radius 3 is 2.92 bits per heavy atom. The molecule has 0 amide bonds. The lowest BCUT2D eigenvalue weighted by Crippen LogP contribution is -1.94. The van der Waals surface area contributed by atoms with Gasteiger partial charge in [0, 0.05) is 23.3 Å². The molecule has 0 aliphatic carbocycles. The lowest BCUT2D eigenvalue weighted by Gasteiger charge is -1.90. The summed E-state index contributed by atoms with van der Waals surface area (Å²) in [6.45, 7) is 1.92. The molecule has 0 aromatic carbocycles. The van der Waals surface area contributed by atoms with Crippen LogP contribution in [0, 0.1) is 6.92 Å². The van der Waals surface area contributed by atoms with Crippen molar-refractivity contribution in [1.82, 2.24) is 14.8 Å². The van der Waals surface area contributed by atoms with Crippen molar-refractivity contribution >= 4 is 17.2 Å². The van der Waals surface area contributed by atoms with Gasteiger partial charge in [-0.1, -0.05) is 0 Å².